The third kappa shape index (κ3) is 2.38. The molecule has 0 bridgehead atoms. The Morgan fingerprint density at radius 1 is 0.929 bits per heavy atom. The van der Waals surface area contributed by atoms with Crippen LogP contribution in [0.2, 0.25) is 0 Å². The van der Waals surface area contributed by atoms with Gasteiger partial charge in [-0.1, -0.05) is 41.5 Å². The molecule has 0 radical (unpaired) electrons. The molecule has 0 amide bonds. The minimum atomic E-state index is 0.271. The predicted molar refractivity (Wildman–Crippen MR) is 66.5 cm³/mol. The third-order valence-electron chi connectivity index (χ3n) is 2.34. The highest BCUT2D eigenvalue weighted by Crippen LogP contribution is 2.39. The molecule has 1 heteroatoms. The van der Waals surface area contributed by atoms with E-state index in [-0.39, 0.29) is 10.8 Å². The third-order valence-corrected chi connectivity index (χ3v) is 3.82. The Morgan fingerprint density at radius 2 is 1.43 bits per heavy atom. The molecule has 0 spiro atoms. The molecule has 0 aliphatic carbocycles. The van der Waals surface area contributed by atoms with Gasteiger partial charge in [0.25, 0.3) is 0 Å². The molecule has 0 aromatic carbocycles. The van der Waals surface area contributed by atoms with Gasteiger partial charge >= 0.3 is 0 Å². The van der Waals surface area contributed by atoms with Crippen LogP contribution in [0.4, 0.5) is 0 Å². The van der Waals surface area contributed by atoms with Gasteiger partial charge in [-0.25, -0.2) is 0 Å². The van der Waals surface area contributed by atoms with Crippen molar-refractivity contribution in [2.45, 2.75) is 59.3 Å². The van der Waals surface area contributed by atoms with Gasteiger partial charge in [0.1, 0.15) is 0 Å². The summed E-state index contributed by atoms with van der Waals surface area (Å²) in [5.74, 6) is 0. The molecule has 1 rings (SSSR count). The number of hydrogen-bond donors (Lipinski definition) is 0. The van der Waals surface area contributed by atoms with Crippen LogP contribution < -0.4 is 0 Å². The largest absolute Gasteiger partial charge is 0.145 e. The van der Waals surface area contributed by atoms with E-state index in [0.717, 1.165) is 0 Å². The van der Waals surface area contributed by atoms with Crippen molar-refractivity contribution in [1.82, 2.24) is 0 Å². The van der Waals surface area contributed by atoms with Crippen LogP contribution >= 0.6 is 11.3 Å². The van der Waals surface area contributed by atoms with Crippen molar-refractivity contribution in [2.75, 3.05) is 0 Å². The van der Waals surface area contributed by atoms with Crippen molar-refractivity contribution in [3.63, 3.8) is 0 Å². The number of rotatable bonds is 0. The van der Waals surface area contributed by atoms with Crippen LogP contribution in [-0.4, -0.2) is 0 Å². The van der Waals surface area contributed by atoms with Crippen molar-refractivity contribution in [1.29, 1.82) is 0 Å². The van der Waals surface area contributed by atoms with E-state index >= 15 is 0 Å². The van der Waals surface area contributed by atoms with E-state index < -0.39 is 0 Å². The molecule has 1 aromatic heterocycles. The van der Waals surface area contributed by atoms with Crippen LogP contribution in [0.3, 0.4) is 0 Å². The van der Waals surface area contributed by atoms with Crippen molar-refractivity contribution >= 4 is 11.3 Å². The molecule has 0 atom stereocenters. The lowest BCUT2D eigenvalue weighted by Crippen LogP contribution is -2.19. The monoisotopic (exact) mass is 210 g/mol. The first-order valence-electron chi connectivity index (χ1n) is 5.24. The van der Waals surface area contributed by atoms with Gasteiger partial charge < -0.3 is 0 Å². The molecule has 0 saturated carbocycles. The fourth-order valence-corrected chi connectivity index (χ4v) is 2.91. The molecule has 0 aliphatic heterocycles. The lowest BCUT2D eigenvalue weighted by Gasteiger charge is -2.26. The topological polar surface area (TPSA) is 0 Å². The summed E-state index contributed by atoms with van der Waals surface area (Å²) in [6.07, 6.45) is 0. The zero-order chi connectivity index (χ0) is 11.1. The van der Waals surface area contributed by atoms with Crippen LogP contribution in [-0.2, 0) is 10.8 Å². The summed E-state index contributed by atoms with van der Waals surface area (Å²) in [6.45, 7) is 16.0. The van der Waals surface area contributed by atoms with Gasteiger partial charge in [0.2, 0.25) is 0 Å². The Bertz CT molecular complexity index is 286. The zero-order valence-corrected chi connectivity index (χ0v) is 11.3. The summed E-state index contributed by atoms with van der Waals surface area (Å²) in [5.41, 5.74) is 2.07. The first kappa shape index (κ1) is 11.8. The zero-order valence-electron chi connectivity index (χ0n) is 10.5. The number of aryl methyl sites for hydroxylation is 1. The minimum Gasteiger partial charge on any atom is -0.145 e. The van der Waals surface area contributed by atoms with Gasteiger partial charge in [-0.3, -0.25) is 0 Å². The summed E-state index contributed by atoms with van der Waals surface area (Å²) in [7, 11) is 0. The predicted octanol–water partition coefficient (Wildman–Crippen LogP) is 4.65. The normalized spacial score (nSPS) is 13.4. The smallest absolute Gasteiger partial charge is 0.0139 e. The average Bonchev–Trinajstić information content (AvgIpc) is 2.27. The van der Waals surface area contributed by atoms with Crippen molar-refractivity contribution in [2.24, 2.45) is 0 Å². The van der Waals surface area contributed by atoms with E-state index in [4.69, 9.17) is 0 Å². The van der Waals surface area contributed by atoms with E-state index in [1.807, 2.05) is 11.3 Å². The number of hydrogen-bond acceptors (Lipinski definition) is 1. The Kier molecular flexibility index (Phi) is 2.84. The van der Waals surface area contributed by atoms with Gasteiger partial charge in [0, 0.05) is 9.75 Å². The Labute approximate surface area is 92.4 Å². The van der Waals surface area contributed by atoms with Gasteiger partial charge in [0.05, 0.1) is 0 Å². The number of thiophene rings is 1. The Morgan fingerprint density at radius 3 is 1.71 bits per heavy atom. The summed E-state index contributed by atoms with van der Waals surface area (Å²) in [6, 6.07) is 2.35. The Hall–Kier alpha value is -0.300. The van der Waals surface area contributed by atoms with Gasteiger partial charge in [0.15, 0.2) is 0 Å². The Balaban J connectivity index is 3.31. The summed E-state index contributed by atoms with van der Waals surface area (Å²) >= 11 is 1.95. The van der Waals surface area contributed by atoms with Crippen LogP contribution in [0.1, 0.15) is 56.9 Å². The SMILES string of the molecule is Cc1cc(C(C)(C)C)c(C(C)(C)C)s1. The molecule has 14 heavy (non-hydrogen) atoms. The second kappa shape index (κ2) is 3.37. The van der Waals surface area contributed by atoms with E-state index in [1.54, 1.807) is 4.88 Å². The molecule has 0 nitrogen and oxygen atoms in total. The van der Waals surface area contributed by atoms with Crippen LogP contribution in [0.25, 0.3) is 0 Å². The maximum Gasteiger partial charge on any atom is 0.0139 e. The quantitative estimate of drug-likeness (QED) is 0.584. The molecule has 0 aliphatic rings. The minimum absolute atomic E-state index is 0.271. The van der Waals surface area contributed by atoms with E-state index in [1.165, 1.54) is 10.4 Å². The van der Waals surface area contributed by atoms with Gasteiger partial charge in [-0.05, 0) is 29.4 Å². The van der Waals surface area contributed by atoms with Crippen molar-refractivity contribution in [3.8, 4) is 0 Å². The highest BCUT2D eigenvalue weighted by atomic mass is 32.1. The fraction of sp³-hybridized carbons (Fsp3) is 0.692. The summed E-state index contributed by atoms with van der Waals surface area (Å²) in [5, 5.41) is 0. The highest BCUT2D eigenvalue weighted by molar-refractivity contribution is 7.12. The fourth-order valence-electron chi connectivity index (χ4n) is 1.63. The molecule has 1 heterocycles. The molecule has 80 valence electrons. The summed E-state index contributed by atoms with van der Waals surface area (Å²) in [4.78, 5) is 2.97. The molecule has 0 N–H and O–H groups in total. The first-order valence-corrected chi connectivity index (χ1v) is 6.05. The van der Waals surface area contributed by atoms with Crippen LogP contribution in [0.15, 0.2) is 6.07 Å². The van der Waals surface area contributed by atoms with Crippen molar-refractivity contribution in [3.05, 3.63) is 21.4 Å². The molecular formula is C13H22S. The van der Waals surface area contributed by atoms with Crippen LogP contribution in [0, 0.1) is 6.92 Å². The summed E-state index contributed by atoms with van der Waals surface area (Å²) < 4.78 is 0. The average molecular weight is 210 g/mol. The van der Waals surface area contributed by atoms with Crippen molar-refractivity contribution < 1.29 is 0 Å². The second-order valence-electron chi connectivity index (χ2n) is 6.10. The highest BCUT2D eigenvalue weighted by Gasteiger charge is 2.26. The maximum atomic E-state index is 2.35. The van der Waals surface area contributed by atoms with Crippen LogP contribution in [0.5, 0.6) is 0 Å². The van der Waals surface area contributed by atoms with E-state index in [9.17, 15) is 0 Å². The molecule has 0 unspecified atom stereocenters. The molecule has 0 fully saturated rings. The van der Waals surface area contributed by atoms with Gasteiger partial charge in [-0.2, -0.15) is 0 Å². The van der Waals surface area contributed by atoms with Gasteiger partial charge in [-0.15, -0.1) is 11.3 Å². The molecule has 1 aromatic rings. The molecular weight excluding hydrogens is 188 g/mol. The lowest BCUT2D eigenvalue weighted by atomic mass is 9.81. The molecule has 0 saturated heterocycles. The standard InChI is InChI=1S/C13H22S/c1-9-8-10(12(2,3)4)11(14-9)13(5,6)7/h8H,1-7H3. The second-order valence-corrected chi connectivity index (χ2v) is 7.36. The maximum absolute atomic E-state index is 2.35. The van der Waals surface area contributed by atoms with E-state index in [0.29, 0.717) is 0 Å². The van der Waals surface area contributed by atoms with E-state index in [2.05, 4.69) is 54.5 Å². The first-order chi connectivity index (χ1) is 6.12. The lowest BCUT2D eigenvalue weighted by molar-refractivity contribution is 0.542.